The molecular formula is C14H40O5Si5. The molecule has 24 heavy (non-hydrogen) atoms. The van der Waals surface area contributed by atoms with Gasteiger partial charge in [0.1, 0.15) is 0 Å². The molecule has 0 aromatic carbocycles. The molecule has 0 rings (SSSR count). The third-order valence-electron chi connectivity index (χ3n) is 3.22. The minimum absolute atomic E-state index is 0.504. The van der Waals surface area contributed by atoms with Crippen LogP contribution >= 0.6 is 0 Å². The van der Waals surface area contributed by atoms with E-state index in [2.05, 4.69) is 65.8 Å². The second-order valence-electron chi connectivity index (χ2n) is 8.58. The van der Waals surface area contributed by atoms with E-state index < -0.39 is 42.8 Å². The summed E-state index contributed by atoms with van der Waals surface area (Å²) in [5.41, 5.74) is 0. The Kier molecular flexibility index (Phi) is 10.1. The van der Waals surface area contributed by atoms with Crippen molar-refractivity contribution in [2.24, 2.45) is 0 Å². The van der Waals surface area contributed by atoms with Crippen molar-refractivity contribution >= 4 is 42.8 Å². The van der Waals surface area contributed by atoms with E-state index in [4.69, 9.17) is 21.5 Å². The lowest BCUT2D eigenvalue weighted by Crippen LogP contribution is -2.61. The Hall–Kier alpha value is 0.884. The summed E-state index contributed by atoms with van der Waals surface area (Å²) in [5, 5.41) is 0. The average molecular weight is 429 g/mol. The molecule has 0 radical (unpaired) electrons. The van der Waals surface area contributed by atoms with Gasteiger partial charge in [-0.05, 0) is 51.9 Å². The number of hydrogen-bond donors (Lipinski definition) is 0. The van der Waals surface area contributed by atoms with Gasteiger partial charge in [0, 0.05) is 13.3 Å². The molecule has 0 heterocycles. The first-order valence-corrected chi connectivity index (χ1v) is 23.3. The monoisotopic (exact) mass is 428 g/mol. The first kappa shape index (κ1) is 24.9. The fraction of sp³-hybridized carbons (Fsp3) is 1.00. The summed E-state index contributed by atoms with van der Waals surface area (Å²) in [7, 11) is -7.78. The molecule has 0 saturated heterocycles. The Labute approximate surface area is 155 Å². The molecule has 0 aromatic rings. The van der Waals surface area contributed by atoms with Crippen LogP contribution in [-0.4, -0.2) is 62.4 Å². The molecule has 0 aliphatic rings. The molecule has 0 saturated carbocycles. The van der Waals surface area contributed by atoms with E-state index in [1.54, 1.807) is 7.11 Å². The molecule has 0 fully saturated rings. The van der Waals surface area contributed by atoms with Crippen LogP contribution in [0.3, 0.4) is 0 Å². The number of ether oxygens (including phenoxy) is 1. The van der Waals surface area contributed by atoms with E-state index in [-0.39, 0.29) is 0 Å². The van der Waals surface area contributed by atoms with E-state index in [0.717, 1.165) is 12.3 Å². The zero-order chi connectivity index (χ0) is 19.2. The van der Waals surface area contributed by atoms with Crippen molar-refractivity contribution in [3.05, 3.63) is 0 Å². The molecule has 2 unspecified atom stereocenters. The van der Waals surface area contributed by atoms with E-state index in [0.29, 0.717) is 6.23 Å². The molecule has 0 amide bonds. The second-order valence-corrected chi connectivity index (χ2v) is 27.0. The largest absolute Gasteiger partial charge is 0.437 e. The molecule has 0 spiro atoms. The Morgan fingerprint density at radius 1 is 0.792 bits per heavy atom. The lowest BCUT2D eigenvalue weighted by atomic mass is 11.0. The summed E-state index contributed by atoms with van der Waals surface area (Å²) < 4.78 is 31.2. The first-order chi connectivity index (χ1) is 10.7. The summed E-state index contributed by atoms with van der Waals surface area (Å²) in [6.07, 6.45) is 1.36. The number of hydrogen-bond acceptors (Lipinski definition) is 5. The van der Waals surface area contributed by atoms with Gasteiger partial charge in [-0.25, -0.2) is 0 Å². The van der Waals surface area contributed by atoms with Crippen molar-refractivity contribution < 1.29 is 21.5 Å². The lowest BCUT2D eigenvalue weighted by Gasteiger charge is -2.42. The maximum absolute atomic E-state index is 6.62. The van der Waals surface area contributed by atoms with E-state index in [9.17, 15) is 0 Å². The van der Waals surface area contributed by atoms with Gasteiger partial charge in [0.2, 0.25) is 0 Å². The molecule has 0 N–H and O–H groups in total. The molecule has 0 bridgehead atoms. The normalized spacial score (nSPS) is 18.5. The predicted molar refractivity (Wildman–Crippen MR) is 115 cm³/mol. The Morgan fingerprint density at radius 3 is 1.71 bits per heavy atom. The maximum atomic E-state index is 6.62. The highest BCUT2D eigenvalue weighted by Gasteiger charge is 2.47. The van der Waals surface area contributed by atoms with Gasteiger partial charge in [0.15, 0.2) is 8.32 Å². The number of methoxy groups -OCH3 is 1. The third kappa shape index (κ3) is 10.8. The highest BCUT2D eigenvalue weighted by atomic mass is 28.5. The summed E-state index contributed by atoms with van der Waals surface area (Å²) in [6, 6.07) is 0.917. The van der Waals surface area contributed by atoms with Crippen LogP contribution in [0.2, 0.25) is 65.0 Å². The number of rotatable bonds is 12. The molecule has 2 atom stereocenters. The van der Waals surface area contributed by atoms with Crippen molar-refractivity contribution in [2.45, 2.75) is 71.9 Å². The minimum atomic E-state index is -2.52. The van der Waals surface area contributed by atoms with Crippen molar-refractivity contribution in [2.75, 3.05) is 19.6 Å². The molecular weight excluding hydrogens is 389 g/mol. The van der Waals surface area contributed by atoms with Crippen molar-refractivity contribution in [3.63, 3.8) is 0 Å². The Morgan fingerprint density at radius 2 is 1.33 bits per heavy atom. The Bertz CT molecular complexity index is 377. The Balaban J connectivity index is 5.20. The first-order valence-electron chi connectivity index (χ1n) is 8.89. The summed E-state index contributed by atoms with van der Waals surface area (Å²) in [6.45, 7) is 21.8. The average Bonchev–Trinajstić information content (AvgIpc) is 2.32. The van der Waals surface area contributed by atoms with E-state index >= 15 is 0 Å². The topological polar surface area (TPSA) is 46.2 Å². The highest BCUT2D eigenvalue weighted by molar-refractivity contribution is 6.89. The van der Waals surface area contributed by atoms with Gasteiger partial charge in [-0.15, -0.1) is 0 Å². The van der Waals surface area contributed by atoms with Crippen LogP contribution in [0, 0.1) is 0 Å². The van der Waals surface area contributed by atoms with Crippen LogP contribution in [0.25, 0.3) is 0 Å². The predicted octanol–water partition coefficient (Wildman–Crippen LogP) is 3.96. The third-order valence-corrected chi connectivity index (χ3v) is 18.8. The standard InChI is InChI=1S/C14H40O5Si5/c1-12-23(10,16-13-20(3)4)19-24(11,14-15-2)18-22(8,9)17-21(5,6)7/h20H,12-14H2,1-11H3. The van der Waals surface area contributed by atoms with Gasteiger partial charge in [-0.3, -0.25) is 0 Å². The molecule has 0 aliphatic carbocycles. The molecule has 146 valence electrons. The summed E-state index contributed by atoms with van der Waals surface area (Å²) in [5.74, 6) is 0. The van der Waals surface area contributed by atoms with Crippen LogP contribution in [0.4, 0.5) is 0 Å². The quantitative estimate of drug-likeness (QED) is 0.440. The zero-order valence-corrected chi connectivity index (χ0v) is 22.9. The van der Waals surface area contributed by atoms with Crippen LogP contribution in [0.5, 0.6) is 0 Å². The van der Waals surface area contributed by atoms with Gasteiger partial charge in [0.25, 0.3) is 0 Å². The van der Waals surface area contributed by atoms with Gasteiger partial charge in [0.05, 0.1) is 15.0 Å². The smallest absolute Gasteiger partial charge is 0.344 e. The van der Waals surface area contributed by atoms with Crippen molar-refractivity contribution in [1.82, 2.24) is 0 Å². The van der Waals surface area contributed by atoms with Gasteiger partial charge in [-0.1, -0.05) is 20.0 Å². The zero-order valence-electron chi connectivity index (χ0n) is 17.7. The molecule has 10 heteroatoms. The van der Waals surface area contributed by atoms with E-state index in [1.165, 1.54) is 0 Å². The van der Waals surface area contributed by atoms with Gasteiger partial charge >= 0.3 is 25.7 Å². The SMILES string of the molecule is CC[Si](C)(OC[SiH](C)C)O[Si](C)(COC)O[Si](C)(C)O[Si](C)(C)C. The molecule has 5 nitrogen and oxygen atoms in total. The minimum Gasteiger partial charge on any atom is -0.437 e. The van der Waals surface area contributed by atoms with Crippen LogP contribution in [0.1, 0.15) is 6.92 Å². The van der Waals surface area contributed by atoms with Crippen LogP contribution in [-0.2, 0) is 21.5 Å². The van der Waals surface area contributed by atoms with Crippen LogP contribution < -0.4 is 0 Å². The maximum Gasteiger partial charge on any atom is 0.344 e. The summed E-state index contributed by atoms with van der Waals surface area (Å²) in [4.78, 5) is 0. The highest BCUT2D eigenvalue weighted by Crippen LogP contribution is 2.26. The van der Waals surface area contributed by atoms with Crippen molar-refractivity contribution in [1.29, 1.82) is 0 Å². The fourth-order valence-electron chi connectivity index (χ4n) is 2.62. The van der Waals surface area contributed by atoms with Gasteiger partial charge < -0.3 is 21.5 Å². The summed E-state index contributed by atoms with van der Waals surface area (Å²) >= 11 is 0. The lowest BCUT2D eigenvalue weighted by molar-refractivity contribution is 0.182. The van der Waals surface area contributed by atoms with Crippen molar-refractivity contribution in [3.8, 4) is 0 Å². The fourth-order valence-corrected chi connectivity index (χ4v) is 22.2. The molecule has 0 aliphatic heterocycles. The van der Waals surface area contributed by atoms with E-state index in [1.807, 2.05) is 0 Å². The second kappa shape index (κ2) is 9.71. The van der Waals surface area contributed by atoms with Crippen LogP contribution in [0.15, 0.2) is 0 Å². The molecule has 0 aromatic heterocycles. The van der Waals surface area contributed by atoms with Gasteiger partial charge in [-0.2, -0.15) is 0 Å².